The van der Waals surface area contributed by atoms with Gasteiger partial charge in [-0.3, -0.25) is 4.79 Å². The molecule has 0 unspecified atom stereocenters. The monoisotopic (exact) mass is 504 g/mol. The average molecular weight is 504 g/mol. The van der Waals surface area contributed by atoms with Crippen molar-refractivity contribution in [2.24, 2.45) is 0 Å². The maximum absolute atomic E-state index is 14.6. The Balaban J connectivity index is 0.000000384. The van der Waals surface area contributed by atoms with E-state index in [2.05, 4.69) is 9.97 Å². The van der Waals surface area contributed by atoms with E-state index in [1.54, 1.807) is 39.9 Å². The number of ether oxygens (including phenoxy) is 1. The molecule has 1 saturated heterocycles. The standard InChI is InChI=1S/C22H19FN4O2.C2HF3O2/c23-17-9-12-27(22(28)16-5-3-11-26-13-10-24-21(16)26)14-19(17)29-20-8-7-15-4-1-2-6-18(15)25-20;3-2(4,5)1(6)7/h1-8,10-11,13,17,19H,9,12,14H2;(H,6,7)/t17-,19+;/m1./s1. The molecule has 1 aliphatic rings. The lowest BCUT2D eigenvalue weighted by atomic mass is 10.0. The van der Waals surface area contributed by atoms with E-state index >= 15 is 0 Å². The Hall–Kier alpha value is -4.22. The highest BCUT2D eigenvalue weighted by molar-refractivity contribution is 5.99. The summed E-state index contributed by atoms with van der Waals surface area (Å²) < 4.78 is 54.0. The molecule has 36 heavy (non-hydrogen) atoms. The van der Waals surface area contributed by atoms with E-state index in [0.29, 0.717) is 23.6 Å². The van der Waals surface area contributed by atoms with Crippen LogP contribution in [0.15, 0.2) is 67.1 Å². The molecule has 1 aromatic carbocycles. The number of imidazole rings is 1. The highest BCUT2D eigenvalue weighted by Gasteiger charge is 2.38. The minimum Gasteiger partial charge on any atom is -0.475 e. The maximum Gasteiger partial charge on any atom is 0.490 e. The zero-order valence-corrected chi connectivity index (χ0v) is 18.6. The summed E-state index contributed by atoms with van der Waals surface area (Å²) in [6.45, 7) is 0.503. The molecule has 188 valence electrons. The average Bonchev–Trinajstić information content (AvgIpc) is 3.34. The molecule has 2 atom stereocenters. The van der Waals surface area contributed by atoms with E-state index in [1.165, 1.54) is 0 Å². The summed E-state index contributed by atoms with van der Waals surface area (Å²) >= 11 is 0. The van der Waals surface area contributed by atoms with E-state index in [0.717, 1.165) is 10.9 Å². The fourth-order valence-corrected chi connectivity index (χ4v) is 3.74. The first-order valence-electron chi connectivity index (χ1n) is 10.8. The normalized spacial score (nSPS) is 17.9. The zero-order valence-electron chi connectivity index (χ0n) is 18.6. The van der Waals surface area contributed by atoms with Crippen LogP contribution in [0.25, 0.3) is 16.6 Å². The fourth-order valence-electron chi connectivity index (χ4n) is 3.74. The molecule has 12 heteroatoms. The maximum atomic E-state index is 14.6. The first-order valence-corrected chi connectivity index (χ1v) is 10.8. The Morgan fingerprint density at radius 2 is 1.81 bits per heavy atom. The predicted octanol–water partition coefficient (Wildman–Crippen LogP) is 4.15. The number of hydrogen-bond acceptors (Lipinski definition) is 5. The molecule has 4 aromatic rings. The van der Waals surface area contributed by atoms with Gasteiger partial charge in [-0.2, -0.15) is 13.2 Å². The summed E-state index contributed by atoms with van der Waals surface area (Å²) in [5, 5.41) is 8.12. The second-order valence-electron chi connectivity index (χ2n) is 7.94. The van der Waals surface area contributed by atoms with Gasteiger partial charge in [-0.25, -0.2) is 19.2 Å². The van der Waals surface area contributed by atoms with Crippen molar-refractivity contribution in [3.05, 3.63) is 72.7 Å². The molecule has 3 aromatic heterocycles. The van der Waals surface area contributed by atoms with Gasteiger partial charge in [0, 0.05) is 36.6 Å². The number of hydrogen-bond donors (Lipinski definition) is 1. The topological polar surface area (TPSA) is 97.0 Å². The van der Waals surface area contributed by atoms with Crippen LogP contribution in [-0.2, 0) is 4.79 Å². The van der Waals surface area contributed by atoms with Crippen LogP contribution in [0.4, 0.5) is 17.6 Å². The Morgan fingerprint density at radius 3 is 2.56 bits per heavy atom. The van der Waals surface area contributed by atoms with Crippen LogP contribution in [0, 0.1) is 0 Å². The number of fused-ring (bicyclic) bond motifs is 2. The summed E-state index contributed by atoms with van der Waals surface area (Å²) in [4.78, 5) is 32.3. The van der Waals surface area contributed by atoms with Gasteiger partial charge in [0.2, 0.25) is 5.88 Å². The van der Waals surface area contributed by atoms with Crippen molar-refractivity contribution in [1.82, 2.24) is 19.3 Å². The molecule has 5 rings (SSSR count). The van der Waals surface area contributed by atoms with Gasteiger partial charge in [0.1, 0.15) is 17.9 Å². The highest BCUT2D eigenvalue weighted by Crippen LogP contribution is 2.24. The number of aromatic nitrogens is 3. The molecule has 0 bridgehead atoms. The third kappa shape index (κ3) is 5.53. The molecule has 1 aliphatic heterocycles. The van der Waals surface area contributed by atoms with Crippen molar-refractivity contribution in [2.45, 2.75) is 24.9 Å². The molecule has 0 radical (unpaired) electrons. The Labute approximate surface area is 201 Å². The van der Waals surface area contributed by atoms with Crippen LogP contribution in [0.3, 0.4) is 0 Å². The smallest absolute Gasteiger partial charge is 0.475 e. The van der Waals surface area contributed by atoms with Gasteiger partial charge in [-0.15, -0.1) is 0 Å². The fraction of sp³-hybridized carbons (Fsp3) is 0.250. The summed E-state index contributed by atoms with van der Waals surface area (Å²) in [7, 11) is 0. The van der Waals surface area contributed by atoms with Crippen LogP contribution in [0.1, 0.15) is 16.8 Å². The molecular formula is C24H20F4N4O4. The summed E-state index contributed by atoms with van der Waals surface area (Å²) in [5.74, 6) is -2.57. The van der Waals surface area contributed by atoms with E-state index in [4.69, 9.17) is 14.6 Å². The predicted molar refractivity (Wildman–Crippen MR) is 120 cm³/mol. The van der Waals surface area contributed by atoms with Crippen LogP contribution >= 0.6 is 0 Å². The Kier molecular flexibility index (Phi) is 7.04. The van der Waals surface area contributed by atoms with Crippen molar-refractivity contribution in [2.75, 3.05) is 13.1 Å². The summed E-state index contributed by atoms with van der Waals surface area (Å²) in [6, 6.07) is 14.9. The van der Waals surface area contributed by atoms with Crippen molar-refractivity contribution in [3.8, 4) is 5.88 Å². The molecule has 1 amide bonds. The minimum atomic E-state index is -5.08. The molecule has 0 aliphatic carbocycles. The van der Waals surface area contributed by atoms with Gasteiger partial charge in [0.25, 0.3) is 5.91 Å². The second kappa shape index (κ2) is 10.2. The SMILES string of the molecule is O=C(O)C(F)(F)F.O=C(c1cccn2ccnc12)N1CC[C@@H](F)[C@@H](Oc2ccc3ccccc3n2)C1. The van der Waals surface area contributed by atoms with Gasteiger partial charge in [0.15, 0.2) is 0 Å². The second-order valence-corrected chi connectivity index (χ2v) is 7.94. The van der Waals surface area contributed by atoms with E-state index < -0.39 is 24.4 Å². The number of nitrogens with zero attached hydrogens (tertiary/aromatic N) is 4. The van der Waals surface area contributed by atoms with E-state index in [-0.39, 0.29) is 18.9 Å². The minimum absolute atomic E-state index is 0.163. The number of carbonyl (C=O) groups excluding carboxylic acids is 1. The van der Waals surface area contributed by atoms with Gasteiger partial charge in [0.05, 0.1) is 17.6 Å². The Morgan fingerprint density at radius 1 is 1.06 bits per heavy atom. The molecule has 4 heterocycles. The van der Waals surface area contributed by atoms with Gasteiger partial charge >= 0.3 is 12.1 Å². The largest absolute Gasteiger partial charge is 0.490 e. The number of carboxylic acids is 1. The number of halogens is 4. The van der Waals surface area contributed by atoms with Crippen molar-refractivity contribution < 1.29 is 37.0 Å². The molecule has 0 spiro atoms. The number of amides is 1. The van der Waals surface area contributed by atoms with Crippen LogP contribution < -0.4 is 4.74 Å². The summed E-state index contributed by atoms with van der Waals surface area (Å²) in [5.41, 5.74) is 1.88. The van der Waals surface area contributed by atoms with Crippen LogP contribution in [-0.4, -0.2) is 67.8 Å². The van der Waals surface area contributed by atoms with Gasteiger partial charge in [-0.05, 0) is 30.7 Å². The Bertz CT molecular complexity index is 1390. The number of rotatable bonds is 3. The lowest BCUT2D eigenvalue weighted by Gasteiger charge is -2.34. The van der Waals surface area contributed by atoms with E-state index in [9.17, 15) is 22.4 Å². The first-order chi connectivity index (χ1) is 17.1. The van der Waals surface area contributed by atoms with Gasteiger partial charge in [-0.1, -0.05) is 18.2 Å². The van der Waals surface area contributed by atoms with Gasteiger partial charge < -0.3 is 19.1 Å². The number of aliphatic carboxylic acids is 1. The zero-order chi connectivity index (χ0) is 25.9. The van der Waals surface area contributed by atoms with Crippen molar-refractivity contribution in [1.29, 1.82) is 0 Å². The number of piperidine rings is 1. The lowest BCUT2D eigenvalue weighted by Crippen LogP contribution is -2.50. The van der Waals surface area contributed by atoms with Crippen LogP contribution in [0.5, 0.6) is 5.88 Å². The van der Waals surface area contributed by atoms with E-state index in [1.807, 2.05) is 36.5 Å². The molecule has 0 saturated carbocycles. The molecule has 1 N–H and O–H groups in total. The number of carbonyl (C=O) groups is 2. The molecule has 1 fully saturated rings. The number of pyridine rings is 2. The number of likely N-dealkylation sites (tertiary alicyclic amines) is 1. The number of para-hydroxylation sites is 1. The third-order valence-corrected chi connectivity index (χ3v) is 5.50. The summed E-state index contributed by atoms with van der Waals surface area (Å²) in [6.07, 6.45) is -1.50. The quantitative estimate of drug-likeness (QED) is 0.421. The number of alkyl halides is 4. The lowest BCUT2D eigenvalue weighted by molar-refractivity contribution is -0.192. The van der Waals surface area contributed by atoms with Crippen LogP contribution in [0.2, 0.25) is 0 Å². The van der Waals surface area contributed by atoms with Crippen molar-refractivity contribution in [3.63, 3.8) is 0 Å². The third-order valence-electron chi connectivity index (χ3n) is 5.50. The molecular weight excluding hydrogens is 484 g/mol. The van der Waals surface area contributed by atoms with Crippen molar-refractivity contribution >= 4 is 28.4 Å². The first kappa shape index (κ1) is 24.9. The molecule has 8 nitrogen and oxygen atoms in total. The number of benzene rings is 1. The number of carboxylic acid groups (broad SMARTS) is 1. The highest BCUT2D eigenvalue weighted by atomic mass is 19.4.